The number of hydrogen-bond acceptors (Lipinski definition) is 2. The van der Waals surface area contributed by atoms with Crippen LogP contribution in [0.4, 0.5) is 0 Å². The largest absolute Gasteiger partial charge is 0.361 e. The highest BCUT2D eigenvalue weighted by molar-refractivity contribution is 5.87. The summed E-state index contributed by atoms with van der Waals surface area (Å²) in [6.07, 6.45) is 6.54. The van der Waals surface area contributed by atoms with Gasteiger partial charge >= 0.3 is 0 Å². The number of fused-ring (bicyclic) bond motifs is 3. The molecule has 27 heavy (non-hydrogen) atoms. The van der Waals surface area contributed by atoms with Crippen molar-refractivity contribution in [1.29, 1.82) is 0 Å². The van der Waals surface area contributed by atoms with Crippen LogP contribution in [0.5, 0.6) is 0 Å². The van der Waals surface area contributed by atoms with Crippen LogP contribution in [0.25, 0.3) is 16.3 Å². The van der Waals surface area contributed by atoms with Crippen molar-refractivity contribution in [2.24, 2.45) is 11.8 Å². The van der Waals surface area contributed by atoms with Gasteiger partial charge in [-0.05, 0) is 91.3 Å². The van der Waals surface area contributed by atoms with Gasteiger partial charge in [-0.25, -0.2) is 0 Å². The molecule has 3 atom stereocenters. The Morgan fingerprint density at radius 3 is 2.74 bits per heavy atom. The average Bonchev–Trinajstić information content (AvgIpc) is 3.37. The van der Waals surface area contributed by atoms with Crippen LogP contribution < -0.4 is 0 Å². The molecule has 0 N–H and O–H groups in total. The molecular formula is C25H31NO. The first-order valence-electron chi connectivity index (χ1n) is 10.8. The molecule has 2 aromatic carbocycles. The molecule has 3 aliphatic rings. The van der Waals surface area contributed by atoms with E-state index in [4.69, 9.17) is 4.74 Å². The number of benzene rings is 2. The van der Waals surface area contributed by atoms with E-state index in [-0.39, 0.29) is 5.72 Å². The monoisotopic (exact) mass is 361 g/mol. The molecule has 1 saturated heterocycles. The Morgan fingerprint density at radius 2 is 1.89 bits per heavy atom. The lowest BCUT2D eigenvalue weighted by Gasteiger charge is -2.36. The zero-order chi connectivity index (χ0) is 18.4. The van der Waals surface area contributed by atoms with Crippen LogP contribution >= 0.6 is 0 Å². The zero-order valence-corrected chi connectivity index (χ0v) is 16.7. The molecule has 1 saturated carbocycles. The van der Waals surface area contributed by atoms with Crippen LogP contribution in [-0.4, -0.2) is 30.3 Å². The topological polar surface area (TPSA) is 12.5 Å². The fraction of sp³-hybridized carbons (Fsp3) is 0.520. The Bertz CT molecular complexity index is 885. The smallest absolute Gasteiger partial charge is 0.119 e. The molecule has 0 aromatic heterocycles. The van der Waals surface area contributed by atoms with Crippen molar-refractivity contribution < 1.29 is 4.74 Å². The van der Waals surface area contributed by atoms with Crippen molar-refractivity contribution in [2.75, 3.05) is 19.7 Å². The zero-order valence-electron chi connectivity index (χ0n) is 16.7. The minimum absolute atomic E-state index is 0.0714. The van der Waals surface area contributed by atoms with E-state index in [1.54, 1.807) is 11.1 Å². The van der Waals surface area contributed by atoms with Gasteiger partial charge in [0.2, 0.25) is 0 Å². The predicted molar refractivity (Wildman–Crippen MR) is 113 cm³/mol. The Labute approximate surface area is 163 Å². The Hall–Kier alpha value is -1.64. The highest BCUT2D eigenvalue weighted by atomic mass is 16.5. The van der Waals surface area contributed by atoms with Crippen LogP contribution in [0, 0.1) is 11.8 Å². The Balaban J connectivity index is 1.52. The Kier molecular flexibility index (Phi) is 4.37. The molecule has 1 heterocycles. The average molecular weight is 362 g/mol. The van der Waals surface area contributed by atoms with Gasteiger partial charge in [-0.1, -0.05) is 36.4 Å². The summed E-state index contributed by atoms with van der Waals surface area (Å²) in [5.41, 5.74) is 4.78. The number of nitrogens with zero attached hydrogens (tertiary/aromatic N) is 1. The van der Waals surface area contributed by atoms with Crippen LogP contribution in [-0.2, 0) is 4.74 Å². The molecule has 1 aliphatic heterocycles. The summed E-state index contributed by atoms with van der Waals surface area (Å²) >= 11 is 0. The normalized spacial score (nSPS) is 30.7. The molecule has 142 valence electrons. The molecule has 2 aromatic rings. The molecule has 5 rings (SSSR count). The summed E-state index contributed by atoms with van der Waals surface area (Å²) in [6, 6.07) is 15.8. The highest BCUT2D eigenvalue weighted by Gasteiger charge is 2.43. The van der Waals surface area contributed by atoms with Crippen molar-refractivity contribution in [3.63, 3.8) is 0 Å². The van der Waals surface area contributed by atoms with E-state index >= 15 is 0 Å². The molecule has 0 spiro atoms. The van der Waals surface area contributed by atoms with E-state index in [0.717, 1.165) is 31.4 Å². The van der Waals surface area contributed by atoms with Gasteiger partial charge in [-0.15, -0.1) is 0 Å². The lowest BCUT2D eigenvalue weighted by molar-refractivity contribution is -0.115. The molecule has 2 unspecified atom stereocenters. The van der Waals surface area contributed by atoms with Gasteiger partial charge in [-0.2, -0.15) is 0 Å². The van der Waals surface area contributed by atoms with Gasteiger partial charge in [0.25, 0.3) is 0 Å². The maximum absolute atomic E-state index is 6.20. The molecule has 2 heteroatoms. The standard InChI is InChI=1S/C25H31NO/c1-3-27-25(2)13-6-14-26(25)17-23-20-10-12-22(16-20)24(23)21-11-9-18-7-4-5-8-19(18)15-21/h4-5,7-9,11,15,20,22H,3,6,10,12-14,16-17H2,1-2H3/t20?,22?,25-/m0/s1. The lowest BCUT2D eigenvalue weighted by atomic mass is 9.86. The third-order valence-corrected chi connectivity index (χ3v) is 7.29. The van der Waals surface area contributed by atoms with Crippen molar-refractivity contribution in [3.05, 3.63) is 53.6 Å². The van der Waals surface area contributed by atoms with Gasteiger partial charge in [0, 0.05) is 19.7 Å². The molecular weight excluding hydrogens is 330 g/mol. The third-order valence-electron chi connectivity index (χ3n) is 7.29. The van der Waals surface area contributed by atoms with Gasteiger partial charge in [-0.3, -0.25) is 4.90 Å². The van der Waals surface area contributed by atoms with Gasteiger partial charge < -0.3 is 4.74 Å². The van der Waals surface area contributed by atoms with Crippen molar-refractivity contribution in [2.45, 2.75) is 51.7 Å². The van der Waals surface area contributed by atoms with E-state index < -0.39 is 0 Å². The summed E-state index contributed by atoms with van der Waals surface area (Å²) in [4.78, 5) is 2.62. The maximum Gasteiger partial charge on any atom is 0.119 e. The molecule has 2 fully saturated rings. The van der Waals surface area contributed by atoms with Crippen molar-refractivity contribution in [3.8, 4) is 0 Å². The van der Waals surface area contributed by atoms with E-state index in [1.807, 2.05) is 0 Å². The summed E-state index contributed by atoms with van der Waals surface area (Å²) in [7, 11) is 0. The number of rotatable bonds is 5. The van der Waals surface area contributed by atoms with Crippen LogP contribution in [0.3, 0.4) is 0 Å². The number of hydrogen-bond donors (Lipinski definition) is 0. The number of allylic oxidation sites excluding steroid dienone is 1. The van der Waals surface area contributed by atoms with E-state index in [2.05, 4.69) is 61.2 Å². The van der Waals surface area contributed by atoms with Crippen molar-refractivity contribution >= 4 is 16.3 Å². The Morgan fingerprint density at radius 1 is 1.07 bits per heavy atom. The SMILES string of the molecule is CCO[C@@]1(C)CCCN1CC1=C(c2ccc3ccccc3c2)C2CCC1C2. The number of likely N-dealkylation sites (tertiary alicyclic amines) is 1. The van der Waals surface area contributed by atoms with Crippen LogP contribution in [0.15, 0.2) is 48.0 Å². The quantitative estimate of drug-likeness (QED) is 0.660. The van der Waals surface area contributed by atoms with E-state index in [9.17, 15) is 0 Å². The fourth-order valence-electron chi connectivity index (χ4n) is 5.95. The second-order valence-electron chi connectivity index (χ2n) is 8.84. The first kappa shape index (κ1) is 17.5. The molecule has 0 amide bonds. The van der Waals surface area contributed by atoms with Gasteiger partial charge in [0.15, 0.2) is 0 Å². The highest BCUT2D eigenvalue weighted by Crippen LogP contribution is 2.53. The summed E-state index contributed by atoms with van der Waals surface area (Å²) in [6.45, 7) is 7.49. The van der Waals surface area contributed by atoms with Crippen LogP contribution in [0.1, 0.15) is 51.5 Å². The van der Waals surface area contributed by atoms with Gasteiger partial charge in [0.1, 0.15) is 5.72 Å². The molecule has 2 bridgehead atoms. The third kappa shape index (κ3) is 2.94. The lowest BCUT2D eigenvalue weighted by Crippen LogP contribution is -2.45. The van der Waals surface area contributed by atoms with Gasteiger partial charge in [0.05, 0.1) is 0 Å². The first-order valence-corrected chi connectivity index (χ1v) is 10.8. The molecule has 0 radical (unpaired) electrons. The molecule has 2 nitrogen and oxygen atoms in total. The minimum atomic E-state index is -0.0714. The second kappa shape index (κ2) is 6.76. The summed E-state index contributed by atoms with van der Waals surface area (Å²) in [5.74, 6) is 1.56. The molecule has 2 aliphatic carbocycles. The second-order valence-corrected chi connectivity index (χ2v) is 8.84. The van der Waals surface area contributed by atoms with Crippen LogP contribution in [0.2, 0.25) is 0 Å². The van der Waals surface area contributed by atoms with Crippen molar-refractivity contribution in [1.82, 2.24) is 4.90 Å². The first-order chi connectivity index (χ1) is 13.2. The van der Waals surface area contributed by atoms with E-state index in [0.29, 0.717) is 0 Å². The summed E-state index contributed by atoms with van der Waals surface area (Å²) < 4.78 is 6.20. The predicted octanol–water partition coefficient (Wildman–Crippen LogP) is 5.87. The summed E-state index contributed by atoms with van der Waals surface area (Å²) in [5, 5.41) is 2.71. The fourth-order valence-corrected chi connectivity index (χ4v) is 5.95. The van der Waals surface area contributed by atoms with E-state index in [1.165, 1.54) is 48.6 Å². The number of ether oxygens (including phenoxy) is 1. The maximum atomic E-state index is 6.20. The minimum Gasteiger partial charge on any atom is -0.361 e.